The second-order valence-corrected chi connectivity index (χ2v) is 8.86. The van der Waals surface area contributed by atoms with Crippen LogP contribution in [0.5, 0.6) is 0 Å². The number of hydrogen-bond donors (Lipinski definition) is 4. The summed E-state index contributed by atoms with van der Waals surface area (Å²) in [5.41, 5.74) is 8.88. The van der Waals surface area contributed by atoms with Crippen molar-refractivity contribution in [1.82, 2.24) is 20.1 Å². The molecule has 0 fully saturated rings. The topological polar surface area (TPSA) is 148 Å². The van der Waals surface area contributed by atoms with Crippen LogP contribution in [0.25, 0.3) is 0 Å². The Morgan fingerprint density at radius 1 is 1.06 bits per heavy atom. The monoisotopic (exact) mass is 492 g/mol. The Bertz CT molecular complexity index is 1170. The maximum Gasteiger partial charge on any atom is 0.321 e. The summed E-state index contributed by atoms with van der Waals surface area (Å²) >= 11 is 0. The van der Waals surface area contributed by atoms with Crippen LogP contribution in [-0.4, -0.2) is 79.6 Å². The van der Waals surface area contributed by atoms with Crippen LogP contribution in [0.1, 0.15) is 22.3 Å². The van der Waals surface area contributed by atoms with Crippen LogP contribution in [-0.2, 0) is 11.3 Å². The standard InChI is InChI=1S/C25H32N8O3/c1-31(2)24(35)17-7-10-21(28-14-17)33-12-11-20(26)19(15-33)22(27)23(34)29-13-16-5-8-18(9-6-16)30-25(36)32(3)4/h5-10,14,27H,11-13,15,26H2,1-4H3,(H,29,34)(H,30,36). The Hall–Kier alpha value is -4.41. The highest BCUT2D eigenvalue weighted by molar-refractivity contribution is 6.44. The summed E-state index contributed by atoms with van der Waals surface area (Å²) in [7, 11) is 6.67. The average Bonchev–Trinajstić information content (AvgIpc) is 2.87. The summed E-state index contributed by atoms with van der Waals surface area (Å²) in [6, 6.07) is 10.3. The van der Waals surface area contributed by atoms with E-state index in [9.17, 15) is 14.4 Å². The molecule has 3 rings (SSSR count). The third-order valence-electron chi connectivity index (χ3n) is 5.71. The van der Waals surface area contributed by atoms with Gasteiger partial charge in [-0.3, -0.25) is 15.0 Å². The molecule has 0 bridgehead atoms. The molecule has 5 N–H and O–H groups in total. The molecule has 11 heteroatoms. The lowest BCUT2D eigenvalue weighted by Crippen LogP contribution is -2.40. The van der Waals surface area contributed by atoms with E-state index in [1.165, 1.54) is 16.0 Å². The lowest BCUT2D eigenvalue weighted by atomic mass is 10.0. The first-order chi connectivity index (χ1) is 17.1. The number of urea groups is 1. The van der Waals surface area contributed by atoms with E-state index in [1.54, 1.807) is 64.6 Å². The lowest BCUT2D eigenvalue weighted by Gasteiger charge is -2.30. The van der Waals surface area contributed by atoms with Crippen molar-refractivity contribution in [3.05, 3.63) is 65.0 Å². The molecule has 0 aliphatic carbocycles. The number of hydrogen-bond acceptors (Lipinski definition) is 7. The fraction of sp³-hybridized carbons (Fsp3) is 0.320. The predicted octanol–water partition coefficient (Wildman–Crippen LogP) is 1.64. The van der Waals surface area contributed by atoms with E-state index in [4.69, 9.17) is 11.1 Å². The van der Waals surface area contributed by atoms with Gasteiger partial charge >= 0.3 is 6.03 Å². The zero-order valence-electron chi connectivity index (χ0n) is 21.0. The molecule has 11 nitrogen and oxygen atoms in total. The third kappa shape index (κ3) is 6.38. The van der Waals surface area contributed by atoms with Gasteiger partial charge in [-0.2, -0.15) is 0 Å². The van der Waals surface area contributed by atoms with Crippen molar-refractivity contribution in [2.45, 2.75) is 13.0 Å². The highest BCUT2D eigenvalue weighted by Crippen LogP contribution is 2.21. The first kappa shape index (κ1) is 26.2. The van der Waals surface area contributed by atoms with E-state index >= 15 is 0 Å². The minimum Gasteiger partial charge on any atom is -0.402 e. The number of carbonyl (C=O) groups excluding carboxylic acids is 3. The van der Waals surface area contributed by atoms with Crippen LogP contribution in [0.2, 0.25) is 0 Å². The van der Waals surface area contributed by atoms with Gasteiger partial charge in [0.05, 0.1) is 5.56 Å². The van der Waals surface area contributed by atoms with Gasteiger partial charge in [-0.1, -0.05) is 12.1 Å². The van der Waals surface area contributed by atoms with E-state index in [0.717, 1.165) is 5.56 Å². The van der Waals surface area contributed by atoms with E-state index in [2.05, 4.69) is 15.6 Å². The minimum absolute atomic E-state index is 0.135. The summed E-state index contributed by atoms with van der Waals surface area (Å²) in [6.07, 6.45) is 2.01. The zero-order chi connectivity index (χ0) is 26.4. The molecular weight excluding hydrogens is 460 g/mol. The molecule has 2 aromatic rings. The quantitative estimate of drug-likeness (QED) is 0.432. The second kappa shape index (κ2) is 11.3. The fourth-order valence-electron chi connectivity index (χ4n) is 3.52. The first-order valence-electron chi connectivity index (χ1n) is 11.4. The number of anilines is 2. The van der Waals surface area contributed by atoms with E-state index in [-0.39, 0.29) is 30.7 Å². The molecule has 4 amide bonds. The van der Waals surface area contributed by atoms with Crippen molar-refractivity contribution in [2.24, 2.45) is 5.73 Å². The molecular formula is C25H32N8O3. The van der Waals surface area contributed by atoms with Gasteiger partial charge in [0, 0.05) is 77.4 Å². The van der Waals surface area contributed by atoms with E-state index in [0.29, 0.717) is 41.3 Å². The highest BCUT2D eigenvalue weighted by Gasteiger charge is 2.25. The molecule has 2 heterocycles. The van der Waals surface area contributed by atoms with Crippen molar-refractivity contribution < 1.29 is 14.4 Å². The number of benzene rings is 1. The SMILES string of the molecule is CN(C)C(=O)Nc1ccc(CNC(=O)C(=N)C2=C(N)CCN(c3ccc(C(=O)N(C)C)cn3)C2)cc1. The van der Waals surface area contributed by atoms with Gasteiger partial charge in [0.2, 0.25) is 0 Å². The van der Waals surface area contributed by atoms with Crippen LogP contribution in [0.3, 0.4) is 0 Å². The van der Waals surface area contributed by atoms with Crippen molar-refractivity contribution in [1.29, 1.82) is 5.41 Å². The van der Waals surface area contributed by atoms with Crippen LogP contribution < -0.4 is 21.3 Å². The first-order valence-corrected chi connectivity index (χ1v) is 11.4. The number of carbonyl (C=O) groups is 3. The van der Waals surface area contributed by atoms with Gasteiger partial charge in [-0.25, -0.2) is 9.78 Å². The molecule has 0 atom stereocenters. The van der Waals surface area contributed by atoms with Gasteiger partial charge in [-0.05, 0) is 29.8 Å². The average molecular weight is 493 g/mol. The molecule has 1 aliphatic heterocycles. The van der Waals surface area contributed by atoms with Gasteiger partial charge in [0.1, 0.15) is 11.5 Å². The van der Waals surface area contributed by atoms with Gasteiger partial charge in [0.15, 0.2) is 0 Å². The van der Waals surface area contributed by atoms with Crippen LogP contribution in [0.4, 0.5) is 16.3 Å². The Morgan fingerprint density at radius 3 is 2.33 bits per heavy atom. The minimum atomic E-state index is -0.528. The zero-order valence-corrected chi connectivity index (χ0v) is 21.0. The number of nitrogens with two attached hydrogens (primary N) is 1. The predicted molar refractivity (Wildman–Crippen MR) is 139 cm³/mol. The van der Waals surface area contributed by atoms with Crippen molar-refractivity contribution in [3.8, 4) is 0 Å². The maximum atomic E-state index is 12.7. The Kier molecular flexibility index (Phi) is 8.26. The third-order valence-corrected chi connectivity index (χ3v) is 5.71. The number of amides is 4. The number of aromatic nitrogens is 1. The number of nitrogens with zero attached hydrogens (tertiary/aromatic N) is 4. The Balaban J connectivity index is 1.59. The summed E-state index contributed by atoms with van der Waals surface area (Å²) in [5.74, 6) is -0.0198. The molecule has 1 aromatic heterocycles. The molecule has 0 saturated heterocycles. The van der Waals surface area contributed by atoms with Crippen molar-refractivity contribution >= 4 is 35.1 Å². The highest BCUT2D eigenvalue weighted by atomic mass is 16.2. The van der Waals surface area contributed by atoms with Gasteiger partial charge < -0.3 is 31.1 Å². The van der Waals surface area contributed by atoms with Gasteiger partial charge in [0.25, 0.3) is 11.8 Å². The van der Waals surface area contributed by atoms with Crippen LogP contribution in [0.15, 0.2) is 53.9 Å². The number of pyridine rings is 1. The van der Waals surface area contributed by atoms with Crippen LogP contribution in [0, 0.1) is 5.41 Å². The molecule has 36 heavy (non-hydrogen) atoms. The van der Waals surface area contributed by atoms with Crippen molar-refractivity contribution in [2.75, 3.05) is 51.5 Å². The molecule has 0 spiro atoms. The fourth-order valence-corrected chi connectivity index (χ4v) is 3.52. The molecule has 0 saturated carbocycles. The van der Waals surface area contributed by atoms with Gasteiger partial charge in [-0.15, -0.1) is 0 Å². The van der Waals surface area contributed by atoms with E-state index < -0.39 is 5.91 Å². The Labute approximate surface area is 210 Å². The van der Waals surface area contributed by atoms with Crippen LogP contribution >= 0.6 is 0 Å². The molecule has 1 aromatic carbocycles. The van der Waals surface area contributed by atoms with Crippen molar-refractivity contribution in [3.63, 3.8) is 0 Å². The lowest BCUT2D eigenvalue weighted by molar-refractivity contribution is -0.115. The summed E-state index contributed by atoms with van der Waals surface area (Å²) in [5, 5.41) is 13.9. The Morgan fingerprint density at radius 2 is 1.75 bits per heavy atom. The second-order valence-electron chi connectivity index (χ2n) is 8.86. The van der Waals surface area contributed by atoms with E-state index in [1.807, 2.05) is 4.90 Å². The maximum absolute atomic E-state index is 12.7. The molecule has 190 valence electrons. The molecule has 1 aliphatic rings. The smallest absolute Gasteiger partial charge is 0.321 e. The number of rotatable bonds is 7. The number of nitrogens with one attached hydrogen (secondary N) is 3. The summed E-state index contributed by atoms with van der Waals surface area (Å²) in [4.78, 5) is 45.8. The molecule has 0 unspecified atom stereocenters. The summed E-state index contributed by atoms with van der Waals surface area (Å²) in [6.45, 7) is 1.09. The largest absolute Gasteiger partial charge is 0.402 e. The summed E-state index contributed by atoms with van der Waals surface area (Å²) < 4.78 is 0. The molecule has 0 radical (unpaired) electrons. The normalized spacial score (nSPS) is 13.2.